The maximum atomic E-state index is 14.1. The van der Waals surface area contributed by atoms with Crippen molar-refractivity contribution in [1.29, 1.82) is 0 Å². The van der Waals surface area contributed by atoms with Crippen LogP contribution in [0.25, 0.3) is 0 Å². The van der Waals surface area contributed by atoms with Gasteiger partial charge in [-0.1, -0.05) is 13.8 Å². The van der Waals surface area contributed by atoms with Gasteiger partial charge >= 0.3 is 0 Å². The van der Waals surface area contributed by atoms with Crippen LogP contribution in [-0.4, -0.2) is 60.0 Å². The molecule has 1 saturated heterocycles. The van der Waals surface area contributed by atoms with Crippen molar-refractivity contribution in [2.75, 3.05) is 54.2 Å². The van der Waals surface area contributed by atoms with Gasteiger partial charge in [-0.2, -0.15) is 15.1 Å². The summed E-state index contributed by atoms with van der Waals surface area (Å²) >= 11 is 0. The fourth-order valence-corrected chi connectivity index (χ4v) is 6.36. The molecular formula is C27H32F2N8O. The van der Waals surface area contributed by atoms with Gasteiger partial charge in [0.1, 0.15) is 11.6 Å². The quantitative estimate of drug-likeness (QED) is 0.490. The molecule has 2 aliphatic heterocycles. The van der Waals surface area contributed by atoms with Crippen molar-refractivity contribution in [2.45, 2.75) is 38.1 Å². The second kappa shape index (κ2) is 9.21. The van der Waals surface area contributed by atoms with Crippen LogP contribution in [0, 0.1) is 23.5 Å². The van der Waals surface area contributed by atoms with Gasteiger partial charge in [-0.25, -0.2) is 8.78 Å². The molecule has 200 valence electrons. The summed E-state index contributed by atoms with van der Waals surface area (Å²) in [5.41, 5.74) is 2.26. The number of hydrogen-bond donors (Lipinski definition) is 2. The van der Waals surface area contributed by atoms with Crippen LogP contribution in [0.15, 0.2) is 30.5 Å². The Bertz CT molecular complexity index is 1350. The van der Waals surface area contributed by atoms with E-state index in [1.807, 2.05) is 18.0 Å². The molecule has 0 spiro atoms. The van der Waals surface area contributed by atoms with Gasteiger partial charge in [-0.3, -0.25) is 0 Å². The minimum atomic E-state index is -0.875. The summed E-state index contributed by atoms with van der Waals surface area (Å²) in [7, 11) is 3.44. The normalized spacial score (nSPS) is 23.4. The number of ether oxygens (including phenoxy) is 1. The molecule has 3 aliphatic rings. The minimum Gasteiger partial charge on any atom is -0.480 e. The highest BCUT2D eigenvalue weighted by atomic mass is 19.2. The molecular weight excluding hydrogens is 490 g/mol. The zero-order valence-corrected chi connectivity index (χ0v) is 22.0. The van der Waals surface area contributed by atoms with Gasteiger partial charge in [0.05, 0.1) is 19.0 Å². The van der Waals surface area contributed by atoms with E-state index in [-0.39, 0.29) is 11.5 Å². The van der Waals surface area contributed by atoms with Crippen LogP contribution < -0.4 is 25.2 Å². The molecule has 0 radical (unpaired) electrons. The van der Waals surface area contributed by atoms with E-state index in [9.17, 15) is 8.78 Å². The third kappa shape index (κ3) is 4.13. The number of benzene rings is 1. The lowest BCUT2D eigenvalue weighted by molar-refractivity contribution is 0.373. The molecule has 38 heavy (non-hydrogen) atoms. The Morgan fingerprint density at radius 2 is 1.79 bits per heavy atom. The largest absolute Gasteiger partial charge is 0.480 e. The molecule has 2 fully saturated rings. The van der Waals surface area contributed by atoms with E-state index in [2.05, 4.69) is 39.6 Å². The van der Waals surface area contributed by atoms with Crippen LogP contribution in [0.2, 0.25) is 0 Å². The highest BCUT2D eigenvalue weighted by Crippen LogP contribution is 2.47. The van der Waals surface area contributed by atoms with Crippen LogP contribution in [-0.2, 0) is 5.41 Å². The summed E-state index contributed by atoms with van der Waals surface area (Å²) in [6.07, 6.45) is 4.02. The van der Waals surface area contributed by atoms with Crippen molar-refractivity contribution in [1.82, 2.24) is 20.2 Å². The number of anilines is 5. The van der Waals surface area contributed by atoms with Gasteiger partial charge < -0.3 is 25.2 Å². The summed E-state index contributed by atoms with van der Waals surface area (Å²) < 4.78 is 33.1. The lowest BCUT2D eigenvalue weighted by Crippen LogP contribution is -2.48. The zero-order valence-electron chi connectivity index (χ0n) is 22.0. The zero-order chi connectivity index (χ0) is 26.6. The predicted molar refractivity (Wildman–Crippen MR) is 142 cm³/mol. The van der Waals surface area contributed by atoms with Crippen LogP contribution in [0.4, 0.5) is 37.7 Å². The molecule has 9 nitrogen and oxygen atoms in total. The number of fused-ring (bicyclic) bond motifs is 3. The molecule has 2 unspecified atom stereocenters. The second-order valence-electron chi connectivity index (χ2n) is 11.0. The van der Waals surface area contributed by atoms with Crippen LogP contribution >= 0.6 is 0 Å². The fraction of sp³-hybridized carbons (Fsp3) is 0.481. The molecule has 0 amide bonds. The average Bonchev–Trinajstić information content (AvgIpc) is 3.30. The molecule has 4 heterocycles. The van der Waals surface area contributed by atoms with E-state index < -0.39 is 11.6 Å². The van der Waals surface area contributed by atoms with Crippen molar-refractivity contribution in [2.24, 2.45) is 11.8 Å². The van der Waals surface area contributed by atoms with E-state index in [0.717, 1.165) is 49.1 Å². The first-order valence-corrected chi connectivity index (χ1v) is 13.0. The number of rotatable bonds is 6. The highest BCUT2D eigenvalue weighted by Gasteiger charge is 2.44. The first-order valence-electron chi connectivity index (χ1n) is 13.0. The first kappa shape index (κ1) is 24.6. The second-order valence-corrected chi connectivity index (χ2v) is 11.0. The monoisotopic (exact) mass is 522 g/mol. The molecule has 3 aromatic rings. The Labute approximate surface area is 220 Å². The van der Waals surface area contributed by atoms with Gasteiger partial charge in [0.2, 0.25) is 11.8 Å². The Balaban J connectivity index is 1.29. The van der Waals surface area contributed by atoms with E-state index in [0.29, 0.717) is 41.7 Å². The summed E-state index contributed by atoms with van der Waals surface area (Å²) in [6, 6.07) is 6.15. The maximum absolute atomic E-state index is 14.1. The number of hydrogen-bond acceptors (Lipinski definition) is 9. The summed E-state index contributed by atoms with van der Waals surface area (Å²) in [5.74, 6) is 1.60. The highest BCUT2D eigenvalue weighted by molar-refractivity contribution is 5.75. The number of piperidine rings is 1. The third-order valence-electron chi connectivity index (χ3n) is 8.15. The summed E-state index contributed by atoms with van der Waals surface area (Å²) in [6.45, 7) is 6.58. The Hall–Kier alpha value is -3.76. The molecule has 2 bridgehead atoms. The molecule has 2 atom stereocenters. The van der Waals surface area contributed by atoms with Gasteiger partial charge in [0, 0.05) is 61.5 Å². The molecule has 1 aliphatic carbocycles. The minimum absolute atomic E-state index is 0.233. The molecule has 2 aromatic heterocycles. The van der Waals surface area contributed by atoms with Crippen LogP contribution in [0.1, 0.15) is 32.3 Å². The molecule has 6 rings (SSSR count). The van der Waals surface area contributed by atoms with Crippen molar-refractivity contribution in [3.05, 3.63) is 47.7 Å². The van der Waals surface area contributed by atoms with E-state index >= 15 is 0 Å². The van der Waals surface area contributed by atoms with Crippen molar-refractivity contribution in [3.8, 4) is 5.88 Å². The third-order valence-corrected chi connectivity index (χ3v) is 8.15. The van der Waals surface area contributed by atoms with E-state index in [4.69, 9.17) is 14.7 Å². The number of nitrogens with zero attached hydrogens (tertiary/aromatic N) is 6. The average molecular weight is 523 g/mol. The summed E-state index contributed by atoms with van der Waals surface area (Å²) in [4.78, 5) is 14.1. The number of halogens is 2. The fourth-order valence-electron chi connectivity index (χ4n) is 6.36. The van der Waals surface area contributed by atoms with Gasteiger partial charge in [-0.05, 0) is 36.8 Å². The van der Waals surface area contributed by atoms with Crippen molar-refractivity contribution in [3.63, 3.8) is 0 Å². The number of nitrogens with one attached hydrogen (secondary N) is 2. The number of methoxy groups -OCH3 is 1. The Morgan fingerprint density at radius 1 is 1.03 bits per heavy atom. The standard InChI is InChI=1S/C27H32F2N8O/c1-27(2)14-37(17-7-8-19(28)20(29)9-17)25-22(27)24(30-3)33-26(34-25)32-23-15-5-6-16(23)13-36(12-15)18-10-21(38-4)35-31-11-18/h7-11,15-16,23H,5-6,12-14H2,1-4H3,(H2,30,32,33,34). The van der Waals surface area contributed by atoms with Gasteiger partial charge in [0.15, 0.2) is 11.6 Å². The number of aromatic nitrogens is 4. The van der Waals surface area contributed by atoms with Crippen LogP contribution in [0.3, 0.4) is 0 Å². The summed E-state index contributed by atoms with van der Waals surface area (Å²) in [5, 5.41) is 15.0. The Kier molecular flexibility index (Phi) is 5.96. The van der Waals surface area contributed by atoms with Gasteiger partial charge in [0.25, 0.3) is 0 Å². The molecule has 11 heteroatoms. The van der Waals surface area contributed by atoms with Crippen molar-refractivity contribution >= 4 is 29.0 Å². The molecule has 2 N–H and O–H groups in total. The predicted octanol–water partition coefficient (Wildman–Crippen LogP) is 4.35. The van der Waals surface area contributed by atoms with E-state index in [1.165, 1.54) is 6.07 Å². The smallest absolute Gasteiger partial charge is 0.235 e. The van der Waals surface area contributed by atoms with Gasteiger partial charge in [-0.15, -0.1) is 5.10 Å². The lowest BCUT2D eigenvalue weighted by atomic mass is 9.88. The topological polar surface area (TPSA) is 91.3 Å². The maximum Gasteiger partial charge on any atom is 0.235 e. The van der Waals surface area contributed by atoms with Crippen LogP contribution in [0.5, 0.6) is 5.88 Å². The first-order chi connectivity index (χ1) is 18.3. The lowest BCUT2D eigenvalue weighted by Gasteiger charge is -2.39. The SMILES string of the molecule is CNc1nc(NC2C3CCC2CN(c2cnnc(OC)c2)C3)nc2c1C(C)(C)CN2c1ccc(F)c(F)c1. The molecule has 1 aromatic carbocycles. The van der Waals surface area contributed by atoms with Crippen molar-refractivity contribution < 1.29 is 13.5 Å². The molecule has 1 saturated carbocycles. The van der Waals surface area contributed by atoms with E-state index in [1.54, 1.807) is 19.4 Å². The Morgan fingerprint density at radius 3 is 2.47 bits per heavy atom.